The summed E-state index contributed by atoms with van der Waals surface area (Å²) in [5.74, 6) is 0.303. The Kier molecular flexibility index (Phi) is 4.94. The van der Waals surface area contributed by atoms with Gasteiger partial charge in [-0.1, -0.05) is 19.1 Å². The lowest BCUT2D eigenvalue weighted by Gasteiger charge is -2.22. The second-order valence-electron chi connectivity index (χ2n) is 6.37. The minimum absolute atomic E-state index is 0.136. The third-order valence-electron chi connectivity index (χ3n) is 4.48. The van der Waals surface area contributed by atoms with E-state index in [4.69, 9.17) is 14.2 Å². The van der Waals surface area contributed by atoms with Gasteiger partial charge in [0.1, 0.15) is 0 Å². The van der Waals surface area contributed by atoms with Crippen LogP contribution in [0.5, 0.6) is 11.5 Å². The summed E-state index contributed by atoms with van der Waals surface area (Å²) >= 11 is 1.76. The number of carbonyl (C=O) groups is 2. The van der Waals surface area contributed by atoms with Gasteiger partial charge in [-0.15, -0.1) is 11.8 Å². The molecule has 2 heterocycles. The molecule has 2 aliphatic heterocycles. The summed E-state index contributed by atoms with van der Waals surface area (Å²) in [4.78, 5) is 27.8. The monoisotopic (exact) mass is 385 g/mol. The van der Waals surface area contributed by atoms with Gasteiger partial charge in [0.2, 0.25) is 6.79 Å². The van der Waals surface area contributed by atoms with Crippen molar-refractivity contribution in [3.8, 4) is 11.5 Å². The number of hydrogen-bond acceptors (Lipinski definition) is 6. The highest BCUT2D eigenvalue weighted by molar-refractivity contribution is 8.00. The Balaban J connectivity index is 1.44. The molecule has 0 radical (unpaired) electrons. The van der Waals surface area contributed by atoms with Crippen LogP contribution in [-0.4, -0.2) is 37.1 Å². The fourth-order valence-corrected chi connectivity index (χ4v) is 4.17. The third kappa shape index (κ3) is 3.73. The van der Waals surface area contributed by atoms with E-state index in [-0.39, 0.29) is 19.3 Å². The average Bonchev–Trinajstić information content (AvgIpc) is 3.08. The minimum Gasteiger partial charge on any atom is -0.454 e. The Labute approximate surface area is 161 Å². The van der Waals surface area contributed by atoms with Crippen molar-refractivity contribution >= 4 is 29.3 Å². The minimum atomic E-state index is -0.562. The van der Waals surface area contributed by atoms with Crippen LogP contribution in [0.4, 0.5) is 5.69 Å². The Morgan fingerprint density at radius 2 is 2.00 bits per heavy atom. The number of carbonyl (C=O) groups excluding carboxylic acids is 2. The zero-order valence-electron chi connectivity index (χ0n) is 14.8. The quantitative estimate of drug-likeness (QED) is 0.754. The van der Waals surface area contributed by atoms with Gasteiger partial charge in [0.05, 0.1) is 11.3 Å². The predicted molar refractivity (Wildman–Crippen MR) is 102 cm³/mol. The number of ether oxygens (including phenoxy) is 3. The van der Waals surface area contributed by atoms with Crippen molar-refractivity contribution in [1.29, 1.82) is 0 Å². The number of amides is 1. The van der Waals surface area contributed by atoms with E-state index in [9.17, 15) is 9.59 Å². The van der Waals surface area contributed by atoms with E-state index >= 15 is 0 Å². The van der Waals surface area contributed by atoms with Crippen LogP contribution < -0.4 is 14.4 Å². The normalized spacial score (nSPS) is 17.8. The first-order valence-electron chi connectivity index (χ1n) is 8.74. The fourth-order valence-electron chi connectivity index (χ4n) is 3.06. The Morgan fingerprint density at radius 1 is 1.19 bits per heavy atom. The molecule has 0 N–H and O–H groups in total. The van der Waals surface area contributed by atoms with Gasteiger partial charge in [0, 0.05) is 16.7 Å². The standard InChI is InChI=1S/C20H19NO5S/c1-13-8-9-21(15-4-2-3-5-18(15)27-13)19(22)11-24-20(23)14-6-7-16-17(10-14)26-12-25-16/h2-7,10,13H,8-9,11-12H2,1H3/t13-/m1/s1. The molecule has 2 aromatic rings. The van der Waals surface area contributed by atoms with E-state index in [0.29, 0.717) is 28.9 Å². The van der Waals surface area contributed by atoms with Gasteiger partial charge >= 0.3 is 5.97 Å². The first-order valence-corrected chi connectivity index (χ1v) is 9.62. The van der Waals surface area contributed by atoms with Crippen LogP contribution in [0.1, 0.15) is 23.7 Å². The van der Waals surface area contributed by atoms with E-state index in [1.165, 1.54) is 0 Å². The number of benzene rings is 2. The highest BCUT2D eigenvalue weighted by atomic mass is 32.2. The van der Waals surface area contributed by atoms with Crippen molar-refractivity contribution in [2.45, 2.75) is 23.5 Å². The molecule has 0 spiro atoms. The average molecular weight is 385 g/mol. The van der Waals surface area contributed by atoms with Gasteiger partial charge in [0.15, 0.2) is 18.1 Å². The van der Waals surface area contributed by atoms with Gasteiger partial charge < -0.3 is 19.1 Å². The van der Waals surface area contributed by atoms with Crippen LogP contribution >= 0.6 is 11.8 Å². The molecule has 2 aromatic carbocycles. The molecule has 6 nitrogen and oxygen atoms in total. The molecule has 0 fully saturated rings. The summed E-state index contributed by atoms with van der Waals surface area (Å²) in [5.41, 5.74) is 1.20. The Bertz CT molecular complexity index is 884. The van der Waals surface area contributed by atoms with Gasteiger partial charge in [-0.05, 0) is 36.8 Å². The lowest BCUT2D eigenvalue weighted by Crippen LogP contribution is -2.35. The van der Waals surface area contributed by atoms with Crippen molar-refractivity contribution < 1.29 is 23.8 Å². The van der Waals surface area contributed by atoms with Crippen molar-refractivity contribution in [2.24, 2.45) is 0 Å². The molecular formula is C20H19NO5S. The molecule has 0 aromatic heterocycles. The number of fused-ring (bicyclic) bond motifs is 2. The summed E-state index contributed by atoms with van der Waals surface area (Å²) in [5, 5.41) is 0.417. The number of rotatable bonds is 3. The van der Waals surface area contributed by atoms with Gasteiger partial charge in [0.25, 0.3) is 5.91 Å². The maximum absolute atomic E-state index is 12.7. The van der Waals surface area contributed by atoms with Crippen LogP contribution in [0.3, 0.4) is 0 Å². The number of nitrogens with zero attached hydrogens (tertiary/aromatic N) is 1. The van der Waals surface area contributed by atoms with E-state index in [1.54, 1.807) is 34.9 Å². The Hall–Kier alpha value is -2.67. The zero-order chi connectivity index (χ0) is 18.8. The fraction of sp³-hybridized carbons (Fsp3) is 0.300. The number of thioether (sulfide) groups is 1. The molecule has 7 heteroatoms. The molecule has 140 valence electrons. The molecule has 4 rings (SSSR count). The SMILES string of the molecule is C[C@@H]1CCN(C(=O)COC(=O)c2ccc3c(c2)OCO3)c2ccccc2S1. The highest BCUT2D eigenvalue weighted by Gasteiger charge is 2.25. The third-order valence-corrected chi connectivity index (χ3v) is 5.72. The maximum atomic E-state index is 12.7. The molecule has 0 aliphatic carbocycles. The summed E-state index contributed by atoms with van der Waals surface area (Å²) in [6.45, 7) is 2.58. The van der Waals surface area contributed by atoms with E-state index < -0.39 is 5.97 Å². The molecule has 1 atom stereocenters. The van der Waals surface area contributed by atoms with Crippen LogP contribution in [-0.2, 0) is 9.53 Å². The molecule has 1 amide bonds. The van der Waals surface area contributed by atoms with E-state index in [2.05, 4.69) is 6.92 Å². The molecule has 0 saturated carbocycles. The molecule has 2 aliphatic rings. The van der Waals surface area contributed by atoms with Crippen LogP contribution in [0.25, 0.3) is 0 Å². The molecule has 27 heavy (non-hydrogen) atoms. The highest BCUT2D eigenvalue weighted by Crippen LogP contribution is 2.37. The largest absolute Gasteiger partial charge is 0.454 e. The van der Waals surface area contributed by atoms with Crippen molar-refractivity contribution in [1.82, 2.24) is 0 Å². The predicted octanol–water partition coefficient (Wildman–Crippen LogP) is 3.49. The molecular weight excluding hydrogens is 366 g/mol. The van der Waals surface area contributed by atoms with Crippen molar-refractivity contribution in [3.63, 3.8) is 0 Å². The van der Waals surface area contributed by atoms with Crippen LogP contribution in [0, 0.1) is 0 Å². The van der Waals surface area contributed by atoms with Gasteiger partial charge in [-0.3, -0.25) is 4.79 Å². The smallest absolute Gasteiger partial charge is 0.338 e. The molecule has 0 saturated heterocycles. The Morgan fingerprint density at radius 3 is 2.89 bits per heavy atom. The lowest BCUT2D eigenvalue weighted by atomic mass is 10.2. The number of anilines is 1. The number of esters is 1. The number of para-hydroxylation sites is 1. The van der Waals surface area contributed by atoms with Gasteiger partial charge in [-0.2, -0.15) is 0 Å². The summed E-state index contributed by atoms with van der Waals surface area (Å²) in [6.07, 6.45) is 0.876. The summed E-state index contributed by atoms with van der Waals surface area (Å²) < 4.78 is 15.7. The second-order valence-corrected chi connectivity index (χ2v) is 7.85. The second kappa shape index (κ2) is 7.52. The molecule has 0 unspecified atom stereocenters. The topological polar surface area (TPSA) is 65.1 Å². The first kappa shape index (κ1) is 17.7. The van der Waals surface area contributed by atoms with E-state index in [1.807, 2.05) is 24.3 Å². The molecule has 0 bridgehead atoms. The summed E-state index contributed by atoms with van der Waals surface area (Å²) in [6, 6.07) is 12.6. The van der Waals surface area contributed by atoms with Crippen LogP contribution in [0.15, 0.2) is 47.4 Å². The summed E-state index contributed by atoms with van der Waals surface area (Å²) in [7, 11) is 0. The van der Waals surface area contributed by atoms with Crippen LogP contribution in [0.2, 0.25) is 0 Å². The van der Waals surface area contributed by atoms with E-state index in [0.717, 1.165) is 17.0 Å². The zero-order valence-corrected chi connectivity index (χ0v) is 15.7. The van der Waals surface area contributed by atoms with Crippen molar-refractivity contribution in [2.75, 3.05) is 24.8 Å². The maximum Gasteiger partial charge on any atom is 0.338 e. The lowest BCUT2D eigenvalue weighted by molar-refractivity contribution is -0.121. The first-order chi connectivity index (χ1) is 13.1. The number of hydrogen-bond donors (Lipinski definition) is 0. The van der Waals surface area contributed by atoms with Gasteiger partial charge in [-0.25, -0.2) is 4.79 Å². The van der Waals surface area contributed by atoms with Crippen molar-refractivity contribution in [3.05, 3.63) is 48.0 Å².